The SMILES string of the molecule is CC(C)(C)c1cc(Cl)c2c(c1)CNS(=O)(=O)O2. The van der Waals surface area contributed by atoms with Crippen molar-refractivity contribution in [1.29, 1.82) is 0 Å². The van der Waals surface area contributed by atoms with Crippen LogP contribution in [0.1, 0.15) is 31.9 Å². The molecule has 4 nitrogen and oxygen atoms in total. The largest absolute Gasteiger partial charge is 0.382 e. The van der Waals surface area contributed by atoms with Crippen LogP contribution in [0.15, 0.2) is 12.1 Å². The molecule has 0 saturated heterocycles. The number of rotatable bonds is 0. The maximum Gasteiger partial charge on any atom is 0.382 e. The van der Waals surface area contributed by atoms with Crippen LogP contribution < -0.4 is 8.91 Å². The molecule has 0 unspecified atom stereocenters. The summed E-state index contributed by atoms with van der Waals surface area (Å²) in [5, 5.41) is 0.331. The number of nitrogens with one attached hydrogen (secondary N) is 1. The Labute approximate surface area is 106 Å². The summed E-state index contributed by atoms with van der Waals surface area (Å²) in [5.74, 6) is 0.235. The lowest BCUT2D eigenvalue weighted by molar-refractivity contribution is 0.453. The van der Waals surface area contributed by atoms with Gasteiger partial charge in [-0.3, -0.25) is 0 Å². The molecule has 0 atom stereocenters. The van der Waals surface area contributed by atoms with Crippen LogP contribution in [-0.2, 0) is 22.3 Å². The van der Waals surface area contributed by atoms with E-state index in [1.807, 2.05) is 6.07 Å². The second-order valence-electron chi connectivity index (χ2n) is 5.05. The molecule has 0 aliphatic carbocycles. The van der Waals surface area contributed by atoms with Crippen molar-refractivity contribution >= 4 is 21.9 Å². The van der Waals surface area contributed by atoms with E-state index in [-0.39, 0.29) is 17.7 Å². The Morgan fingerprint density at radius 1 is 1.35 bits per heavy atom. The van der Waals surface area contributed by atoms with E-state index in [2.05, 4.69) is 25.5 Å². The number of fused-ring (bicyclic) bond motifs is 1. The van der Waals surface area contributed by atoms with Crippen molar-refractivity contribution < 1.29 is 12.6 Å². The summed E-state index contributed by atoms with van der Waals surface area (Å²) in [6.45, 7) is 6.41. The minimum absolute atomic E-state index is 0.0466. The number of hydrogen-bond acceptors (Lipinski definition) is 3. The average molecular weight is 276 g/mol. The fraction of sp³-hybridized carbons (Fsp3) is 0.455. The number of halogens is 1. The Morgan fingerprint density at radius 2 is 2.00 bits per heavy atom. The van der Waals surface area contributed by atoms with Crippen LogP contribution in [0.4, 0.5) is 0 Å². The van der Waals surface area contributed by atoms with Gasteiger partial charge in [0.25, 0.3) is 0 Å². The molecule has 0 amide bonds. The minimum Gasteiger partial charge on any atom is -0.369 e. The average Bonchev–Trinajstić information content (AvgIpc) is 2.16. The lowest BCUT2D eigenvalue weighted by Gasteiger charge is -2.24. The molecule has 0 bridgehead atoms. The molecule has 0 fully saturated rings. The van der Waals surface area contributed by atoms with E-state index in [1.165, 1.54) is 0 Å². The molecule has 2 rings (SSSR count). The summed E-state index contributed by atoms with van der Waals surface area (Å²) in [6.07, 6.45) is 0. The topological polar surface area (TPSA) is 55.4 Å². The quantitative estimate of drug-likeness (QED) is 0.791. The van der Waals surface area contributed by atoms with Crippen LogP contribution in [0.3, 0.4) is 0 Å². The van der Waals surface area contributed by atoms with Gasteiger partial charge in [0.1, 0.15) is 0 Å². The first kappa shape index (κ1) is 12.7. The first-order valence-corrected chi connectivity index (χ1v) is 7.00. The zero-order valence-corrected chi connectivity index (χ0v) is 11.4. The first-order valence-electron chi connectivity index (χ1n) is 5.21. The lowest BCUT2D eigenvalue weighted by Crippen LogP contribution is -2.32. The summed E-state index contributed by atoms with van der Waals surface area (Å²) in [4.78, 5) is 0. The molecule has 0 radical (unpaired) electrons. The highest BCUT2D eigenvalue weighted by Crippen LogP contribution is 2.37. The van der Waals surface area contributed by atoms with Crippen LogP contribution in [-0.4, -0.2) is 8.42 Å². The summed E-state index contributed by atoms with van der Waals surface area (Å²) in [7, 11) is -3.70. The molecule has 17 heavy (non-hydrogen) atoms. The van der Waals surface area contributed by atoms with Crippen molar-refractivity contribution in [3.8, 4) is 5.75 Å². The molecular formula is C11H14ClNO3S. The molecule has 0 aromatic heterocycles. The molecule has 1 aromatic rings. The van der Waals surface area contributed by atoms with Gasteiger partial charge in [-0.1, -0.05) is 38.4 Å². The van der Waals surface area contributed by atoms with Gasteiger partial charge in [0.15, 0.2) is 5.75 Å². The first-order chi connectivity index (χ1) is 7.69. The van der Waals surface area contributed by atoms with E-state index >= 15 is 0 Å². The minimum atomic E-state index is -3.70. The maximum absolute atomic E-state index is 11.3. The fourth-order valence-electron chi connectivity index (χ4n) is 1.61. The van der Waals surface area contributed by atoms with E-state index in [0.717, 1.165) is 11.1 Å². The van der Waals surface area contributed by atoms with Crippen LogP contribution in [0.2, 0.25) is 5.02 Å². The molecule has 1 aliphatic heterocycles. The van der Waals surface area contributed by atoms with Gasteiger partial charge in [-0.15, -0.1) is 0 Å². The Morgan fingerprint density at radius 3 is 2.59 bits per heavy atom. The van der Waals surface area contributed by atoms with Crippen LogP contribution in [0, 0.1) is 0 Å². The van der Waals surface area contributed by atoms with Crippen molar-refractivity contribution in [3.05, 3.63) is 28.3 Å². The van der Waals surface area contributed by atoms with Crippen LogP contribution in [0.5, 0.6) is 5.75 Å². The third-order valence-corrected chi connectivity index (χ3v) is 3.78. The van der Waals surface area contributed by atoms with Crippen molar-refractivity contribution in [3.63, 3.8) is 0 Å². The third-order valence-electron chi connectivity index (χ3n) is 2.62. The van der Waals surface area contributed by atoms with Gasteiger partial charge in [-0.05, 0) is 17.0 Å². The van der Waals surface area contributed by atoms with Gasteiger partial charge in [0.05, 0.1) is 5.02 Å². The monoisotopic (exact) mass is 275 g/mol. The molecule has 0 spiro atoms. The van der Waals surface area contributed by atoms with Gasteiger partial charge in [0.2, 0.25) is 0 Å². The molecule has 1 N–H and O–H groups in total. The van der Waals surface area contributed by atoms with Gasteiger partial charge in [0, 0.05) is 12.1 Å². The number of hydrogen-bond donors (Lipinski definition) is 1. The second-order valence-corrected chi connectivity index (χ2v) is 6.83. The summed E-state index contributed by atoms with van der Waals surface area (Å²) in [5.41, 5.74) is 1.76. The maximum atomic E-state index is 11.3. The van der Waals surface area contributed by atoms with E-state index in [4.69, 9.17) is 15.8 Å². The van der Waals surface area contributed by atoms with Crippen molar-refractivity contribution in [1.82, 2.24) is 4.72 Å². The molecule has 0 saturated carbocycles. The molecule has 1 aliphatic rings. The van der Waals surface area contributed by atoms with E-state index in [9.17, 15) is 8.42 Å². The molecule has 1 heterocycles. The second kappa shape index (κ2) is 3.86. The Balaban J connectivity index is 2.55. The Hall–Kier alpha value is -0.780. The zero-order chi connectivity index (χ0) is 12.8. The molecule has 6 heteroatoms. The van der Waals surface area contributed by atoms with Crippen LogP contribution >= 0.6 is 11.6 Å². The molecular weight excluding hydrogens is 262 g/mol. The van der Waals surface area contributed by atoms with Gasteiger partial charge < -0.3 is 4.18 Å². The van der Waals surface area contributed by atoms with Crippen molar-refractivity contribution in [2.24, 2.45) is 0 Å². The lowest BCUT2D eigenvalue weighted by atomic mass is 9.86. The highest BCUT2D eigenvalue weighted by atomic mass is 35.5. The Bertz CT molecular complexity index is 561. The van der Waals surface area contributed by atoms with Crippen LogP contribution in [0.25, 0.3) is 0 Å². The standard InChI is InChI=1S/C11H14ClNO3S/c1-11(2,3)8-4-7-6-13-17(14,15)16-10(7)9(12)5-8/h4-5,13H,6H2,1-3H3. The van der Waals surface area contributed by atoms with E-state index in [1.54, 1.807) is 6.07 Å². The fourth-order valence-corrected chi connectivity index (χ4v) is 2.74. The summed E-state index contributed by atoms with van der Waals surface area (Å²) < 4.78 is 29.7. The molecule has 94 valence electrons. The van der Waals surface area contributed by atoms with Crippen molar-refractivity contribution in [2.75, 3.05) is 0 Å². The summed E-state index contributed by atoms with van der Waals surface area (Å²) >= 11 is 6.06. The van der Waals surface area contributed by atoms with E-state index in [0.29, 0.717) is 5.02 Å². The van der Waals surface area contributed by atoms with Gasteiger partial charge >= 0.3 is 10.3 Å². The smallest absolute Gasteiger partial charge is 0.369 e. The predicted octanol–water partition coefficient (Wildman–Crippen LogP) is 2.36. The van der Waals surface area contributed by atoms with E-state index < -0.39 is 10.3 Å². The zero-order valence-electron chi connectivity index (χ0n) is 9.87. The highest BCUT2D eigenvalue weighted by Gasteiger charge is 2.26. The van der Waals surface area contributed by atoms with Gasteiger partial charge in [-0.2, -0.15) is 13.1 Å². The number of benzene rings is 1. The third kappa shape index (κ3) is 2.56. The van der Waals surface area contributed by atoms with Gasteiger partial charge in [-0.25, -0.2) is 0 Å². The van der Waals surface area contributed by atoms with Crippen molar-refractivity contribution in [2.45, 2.75) is 32.7 Å². The summed E-state index contributed by atoms with van der Waals surface area (Å²) in [6, 6.07) is 3.67. The highest BCUT2D eigenvalue weighted by molar-refractivity contribution is 7.85. The Kier molecular flexibility index (Phi) is 2.88. The normalized spacial score (nSPS) is 18.4. The molecule has 1 aromatic carbocycles. The predicted molar refractivity (Wildman–Crippen MR) is 66.5 cm³/mol.